The molecule has 2 rings (SSSR count). The minimum Gasteiger partial charge on any atom is -0.355 e. The Labute approximate surface area is 101 Å². The molecular formula is C13H17N3O. The van der Waals surface area contributed by atoms with E-state index < -0.39 is 0 Å². The molecule has 4 heteroatoms. The summed E-state index contributed by atoms with van der Waals surface area (Å²) in [6.45, 7) is 4.25. The molecule has 0 N–H and O–H groups in total. The number of carbonyl (C=O) groups excluding carboxylic acids is 1. The lowest BCUT2D eigenvalue weighted by Gasteiger charge is -2.23. The molecule has 1 atom stereocenters. The molecule has 0 aliphatic carbocycles. The first-order valence-electron chi connectivity index (χ1n) is 5.84. The highest BCUT2D eigenvalue weighted by atomic mass is 16.1. The zero-order valence-electron chi connectivity index (χ0n) is 10.4. The molecule has 0 radical (unpaired) electrons. The highest BCUT2D eigenvalue weighted by Crippen LogP contribution is 2.21. The standard InChI is InChI=1S/C13H17N3O/c1-4-10(2)15(3)13-11(9-17)16-8-6-5-7-12(16)14-13/h5-10H,4H2,1-3H3. The van der Waals surface area contributed by atoms with Crippen LogP contribution in [0.25, 0.3) is 5.65 Å². The normalized spacial score (nSPS) is 12.6. The smallest absolute Gasteiger partial charge is 0.170 e. The van der Waals surface area contributed by atoms with Crippen LogP contribution < -0.4 is 4.90 Å². The molecule has 0 fully saturated rings. The fraction of sp³-hybridized carbons (Fsp3) is 0.385. The molecule has 0 bridgehead atoms. The maximum absolute atomic E-state index is 11.2. The third-order valence-electron chi connectivity index (χ3n) is 3.25. The molecular weight excluding hydrogens is 214 g/mol. The summed E-state index contributed by atoms with van der Waals surface area (Å²) in [5.74, 6) is 0.751. The molecule has 90 valence electrons. The lowest BCUT2D eigenvalue weighted by atomic mass is 10.2. The van der Waals surface area contributed by atoms with Gasteiger partial charge in [-0.25, -0.2) is 4.98 Å². The molecule has 2 aromatic rings. The fourth-order valence-corrected chi connectivity index (χ4v) is 1.85. The number of imidazole rings is 1. The predicted octanol–water partition coefficient (Wildman–Crippen LogP) is 2.38. The zero-order valence-corrected chi connectivity index (χ0v) is 10.4. The zero-order chi connectivity index (χ0) is 12.4. The van der Waals surface area contributed by atoms with Crippen LogP contribution in [-0.2, 0) is 0 Å². The predicted molar refractivity (Wildman–Crippen MR) is 68.7 cm³/mol. The van der Waals surface area contributed by atoms with E-state index in [1.807, 2.05) is 35.8 Å². The van der Waals surface area contributed by atoms with Gasteiger partial charge in [-0.2, -0.15) is 0 Å². The number of aldehydes is 1. The van der Waals surface area contributed by atoms with E-state index in [1.54, 1.807) is 0 Å². The molecule has 2 aromatic heterocycles. The van der Waals surface area contributed by atoms with Gasteiger partial charge in [0.15, 0.2) is 12.1 Å². The van der Waals surface area contributed by atoms with E-state index in [9.17, 15) is 4.79 Å². The Bertz CT molecular complexity index is 532. The Morgan fingerprint density at radius 2 is 2.29 bits per heavy atom. The van der Waals surface area contributed by atoms with Crippen molar-refractivity contribution in [3.05, 3.63) is 30.1 Å². The molecule has 0 amide bonds. The van der Waals surface area contributed by atoms with Crippen molar-refractivity contribution in [2.24, 2.45) is 0 Å². The van der Waals surface area contributed by atoms with Crippen molar-refractivity contribution in [1.29, 1.82) is 0 Å². The number of hydrogen-bond donors (Lipinski definition) is 0. The summed E-state index contributed by atoms with van der Waals surface area (Å²) in [5.41, 5.74) is 1.42. The average molecular weight is 231 g/mol. The van der Waals surface area contributed by atoms with Crippen LogP contribution in [0.4, 0.5) is 5.82 Å². The van der Waals surface area contributed by atoms with Crippen LogP contribution >= 0.6 is 0 Å². The summed E-state index contributed by atoms with van der Waals surface area (Å²) in [6, 6.07) is 6.08. The van der Waals surface area contributed by atoms with Crippen LogP contribution in [0.3, 0.4) is 0 Å². The van der Waals surface area contributed by atoms with Crippen molar-refractivity contribution in [3.8, 4) is 0 Å². The van der Waals surface area contributed by atoms with Gasteiger partial charge in [0.25, 0.3) is 0 Å². The van der Waals surface area contributed by atoms with Crippen molar-refractivity contribution in [2.75, 3.05) is 11.9 Å². The Morgan fingerprint density at radius 1 is 1.53 bits per heavy atom. The van der Waals surface area contributed by atoms with Crippen molar-refractivity contribution >= 4 is 17.8 Å². The Hall–Kier alpha value is -1.84. The van der Waals surface area contributed by atoms with Gasteiger partial charge in [0, 0.05) is 19.3 Å². The molecule has 0 spiro atoms. The second-order valence-corrected chi connectivity index (χ2v) is 4.24. The number of carbonyl (C=O) groups is 1. The van der Waals surface area contributed by atoms with Gasteiger partial charge < -0.3 is 4.90 Å². The maximum atomic E-state index is 11.2. The number of pyridine rings is 1. The fourth-order valence-electron chi connectivity index (χ4n) is 1.85. The second kappa shape index (κ2) is 4.57. The summed E-state index contributed by atoms with van der Waals surface area (Å²) in [7, 11) is 1.98. The number of rotatable bonds is 4. The number of nitrogens with zero attached hydrogens (tertiary/aromatic N) is 3. The summed E-state index contributed by atoms with van der Waals surface area (Å²) in [5, 5.41) is 0. The van der Waals surface area contributed by atoms with E-state index in [0.29, 0.717) is 11.7 Å². The summed E-state index contributed by atoms with van der Waals surface area (Å²) in [4.78, 5) is 17.8. The van der Waals surface area contributed by atoms with E-state index in [-0.39, 0.29) is 0 Å². The third kappa shape index (κ3) is 1.90. The van der Waals surface area contributed by atoms with Crippen LogP contribution in [0.15, 0.2) is 24.4 Å². The topological polar surface area (TPSA) is 37.6 Å². The van der Waals surface area contributed by atoms with Crippen molar-refractivity contribution in [2.45, 2.75) is 26.3 Å². The van der Waals surface area contributed by atoms with Crippen LogP contribution in [-0.4, -0.2) is 28.8 Å². The van der Waals surface area contributed by atoms with Gasteiger partial charge in [-0.1, -0.05) is 13.0 Å². The first-order chi connectivity index (χ1) is 8.19. The summed E-state index contributed by atoms with van der Waals surface area (Å²) in [6.07, 6.45) is 3.75. The number of fused-ring (bicyclic) bond motifs is 1. The first kappa shape index (κ1) is 11.6. The third-order valence-corrected chi connectivity index (χ3v) is 3.25. The maximum Gasteiger partial charge on any atom is 0.170 e. The minimum atomic E-state index is 0.360. The summed E-state index contributed by atoms with van der Waals surface area (Å²) < 4.78 is 1.82. The molecule has 0 aliphatic rings. The molecule has 0 aromatic carbocycles. The quantitative estimate of drug-likeness (QED) is 0.758. The van der Waals surface area contributed by atoms with Gasteiger partial charge in [-0.05, 0) is 25.5 Å². The number of aromatic nitrogens is 2. The number of hydrogen-bond acceptors (Lipinski definition) is 3. The molecule has 1 unspecified atom stereocenters. The highest BCUT2D eigenvalue weighted by Gasteiger charge is 2.17. The summed E-state index contributed by atoms with van der Waals surface area (Å²) >= 11 is 0. The Morgan fingerprint density at radius 3 is 2.94 bits per heavy atom. The molecule has 0 saturated heterocycles. The van der Waals surface area contributed by atoms with E-state index in [2.05, 4.69) is 23.7 Å². The monoisotopic (exact) mass is 231 g/mol. The average Bonchev–Trinajstić information content (AvgIpc) is 2.75. The lowest BCUT2D eigenvalue weighted by molar-refractivity contribution is 0.111. The number of anilines is 1. The van der Waals surface area contributed by atoms with Crippen molar-refractivity contribution in [3.63, 3.8) is 0 Å². The molecule has 0 saturated carbocycles. The SMILES string of the molecule is CCC(C)N(C)c1nc2ccccn2c1C=O. The molecule has 0 aliphatic heterocycles. The van der Waals surface area contributed by atoms with E-state index in [4.69, 9.17) is 0 Å². The molecule has 2 heterocycles. The Kier molecular flexibility index (Phi) is 3.13. The largest absolute Gasteiger partial charge is 0.355 e. The van der Waals surface area contributed by atoms with Gasteiger partial charge in [0.05, 0.1) is 0 Å². The van der Waals surface area contributed by atoms with Gasteiger partial charge in [-0.15, -0.1) is 0 Å². The molecule has 17 heavy (non-hydrogen) atoms. The van der Waals surface area contributed by atoms with E-state index in [0.717, 1.165) is 24.2 Å². The van der Waals surface area contributed by atoms with Gasteiger partial charge >= 0.3 is 0 Å². The van der Waals surface area contributed by atoms with Gasteiger partial charge in [-0.3, -0.25) is 9.20 Å². The van der Waals surface area contributed by atoms with Crippen LogP contribution in [0.5, 0.6) is 0 Å². The lowest BCUT2D eigenvalue weighted by Crippen LogP contribution is -2.29. The Balaban J connectivity index is 2.57. The van der Waals surface area contributed by atoms with Crippen molar-refractivity contribution in [1.82, 2.24) is 9.38 Å². The highest BCUT2D eigenvalue weighted by molar-refractivity contribution is 5.83. The van der Waals surface area contributed by atoms with Crippen molar-refractivity contribution < 1.29 is 4.79 Å². The van der Waals surface area contributed by atoms with Gasteiger partial charge in [0.1, 0.15) is 11.3 Å². The van der Waals surface area contributed by atoms with E-state index in [1.165, 1.54) is 0 Å². The van der Waals surface area contributed by atoms with Crippen LogP contribution in [0.1, 0.15) is 30.8 Å². The van der Waals surface area contributed by atoms with Crippen LogP contribution in [0.2, 0.25) is 0 Å². The van der Waals surface area contributed by atoms with E-state index >= 15 is 0 Å². The van der Waals surface area contributed by atoms with Gasteiger partial charge in [0.2, 0.25) is 0 Å². The first-order valence-corrected chi connectivity index (χ1v) is 5.84. The minimum absolute atomic E-state index is 0.360. The second-order valence-electron chi connectivity index (χ2n) is 4.24. The molecule has 4 nitrogen and oxygen atoms in total. The van der Waals surface area contributed by atoms with Crippen LogP contribution in [0, 0.1) is 0 Å².